The first-order valence-corrected chi connectivity index (χ1v) is 4.67. The van der Waals surface area contributed by atoms with Crippen molar-refractivity contribution in [2.75, 3.05) is 13.1 Å². The first-order valence-electron chi connectivity index (χ1n) is 4.67. The number of nitrogens with one attached hydrogen (secondary N) is 1. The molecule has 3 amide bonds. The monoisotopic (exact) mass is 222 g/mol. The molecule has 0 atom stereocenters. The number of nitrogens with zero attached hydrogens (tertiary/aromatic N) is 3. The van der Waals surface area contributed by atoms with E-state index >= 15 is 0 Å². The molecule has 7 heteroatoms. The Hall–Kier alpha value is -2.18. The molecule has 1 aromatic heterocycles. The van der Waals surface area contributed by atoms with Crippen LogP contribution in [0.15, 0.2) is 12.4 Å². The standard InChI is InChI=1S/C9H10N4O3/c1-12-3-6(2-10-12)9(16)13-4-7(14)11-8(15)5-13/h2-3H,4-5H2,1H3,(H,11,14,15). The second-order valence-electron chi connectivity index (χ2n) is 3.54. The highest BCUT2D eigenvalue weighted by molar-refractivity contribution is 6.05. The van der Waals surface area contributed by atoms with Gasteiger partial charge >= 0.3 is 0 Å². The van der Waals surface area contributed by atoms with Crippen molar-refractivity contribution in [3.05, 3.63) is 18.0 Å². The molecule has 0 aromatic carbocycles. The predicted molar refractivity (Wildman–Crippen MR) is 52.3 cm³/mol. The van der Waals surface area contributed by atoms with E-state index in [1.165, 1.54) is 15.8 Å². The van der Waals surface area contributed by atoms with E-state index in [1.54, 1.807) is 13.2 Å². The third-order valence-electron chi connectivity index (χ3n) is 2.19. The highest BCUT2D eigenvalue weighted by atomic mass is 16.2. The van der Waals surface area contributed by atoms with Gasteiger partial charge in [-0.3, -0.25) is 24.4 Å². The quantitative estimate of drug-likeness (QED) is 0.587. The number of aromatic nitrogens is 2. The maximum atomic E-state index is 11.8. The molecule has 0 unspecified atom stereocenters. The van der Waals surface area contributed by atoms with Gasteiger partial charge in [-0.25, -0.2) is 0 Å². The maximum Gasteiger partial charge on any atom is 0.257 e. The summed E-state index contributed by atoms with van der Waals surface area (Å²) in [7, 11) is 1.69. The van der Waals surface area contributed by atoms with Crippen molar-refractivity contribution >= 4 is 17.7 Å². The topological polar surface area (TPSA) is 84.3 Å². The van der Waals surface area contributed by atoms with Crippen LogP contribution in [0, 0.1) is 0 Å². The Kier molecular flexibility index (Phi) is 2.43. The number of carbonyl (C=O) groups excluding carboxylic acids is 3. The Morgan fingerprint density at radius 2 is 2.00 bits per heavy atom. The minimum atomic E-state index is -0.464. The molecule has 1 aromatic rings. The van der Waals surface area contributed by atoms with Crippen LogP contribution in [0.1, 0.15) is 10.4 Å². The molecule has 1 fully saturated rings. The molecule has 1 saturated heterocycles. The van der Waals surface area contributed by atoms with Crippen LogP contribution in [0.25, 0.3) is 0 Å². The predicted octanol–water partition coefficient (Wildman–Crippen LogP) is -1.48. The molecule has 16 heavy (non-hydrogen) atoms. The largest absolute Gasteiger partial charge is 0.320 e. The number of aryl methyl sites for hydroxylation is 1. The number of rotatable bonds is 1. The van der Waals surface area contributed by atoms with Crippen LogP contribution < -0.4 is 5.32 Å². The summed E-state index contributed by atoms with van der Waals surface area (Å²) in [5, 5.41) is 5.98. The Bertz CT molecular complexity index is 449. The second kappa shape index (κ2) is 3.76. The molecule has 1 N–H and O–H groups in total. The lowest BCUT2D eigenvalue weighted by atomic mass is 10.2. The van der Waals surface area contributed by atoms with E-state index in [0.29, 0.717) is 5.56 Å². The fourth-order valence-corrected chi connectivity index (χ4v) is 1.50. The Labute approximate surface area is 91.0 Å². The van der Waals surface area contributed by atoms with Gasteiger partial charge in [-0.05, 0) is 0 Å². The number of piperazine rings is 1. The first kappa shape index (κ1) is 10.3. The van der Waals surface area contributed by atoms with E-state index < -0.39 is 11.8 Å². The highest BCUT2D eigenvalue weighted by Crippen LogP contribution is 2.05. The van der Waals surface area contributed by atoms with Crippen LogP contribution in [0.4, 0.5) is 0 Å². The third kappa shape index (κ3) is 1.92. The molecule has 0 saturated carbocycles. The van der Waals surface area contributed by atoms with E-state index in [4.69, 9.17) is 0 Å². The Morgan fingerprint density at radius 3 is 2.50 bits per heavy atom. The number of hydrogen-bond donors (Lipinski definition) is 1. The zero-order valence-electron chi connectivity index (χ0n) is 8.64. The van der Waals surface area contributed by atoms with Crippen LogP contribution >= 0.6 is 0 Å². The molecular weight excluding hydrogens is 212 g/mol. The van der Waals surface area contributed by atoms with Crippen LogP contribution in [0.2, 0.25) is 0 Å². The molecule has 1 aliphatic rings. The van der Waals surface area contributed by atoms with E-state index in [-0.39, 0.29) is 19.0 Å². The molecule has 7 nitrogen and oxygen atoms in total. The van der Waals surface area contributed by atoms with Gasteiger partial charge in [-0.1, -0.05) is 0 Å². The van der Waals surface area contributed by atoms with Gasteiger partial charge in [-0.2, -0.15) is 5.10 Å². The van der Waals surface area contributed by atoms with Gasteiger partial charge in [-0.15, -0.1) is 0 Å². The van der Waals surface area contributed by atoms with Crippen molar-refractivity contribution in [2.45, 2.75) is 0 Å². The lowest BCUT2D eigenvalue weighted by molar-refractivity contribution is -0.135. The normalized spacial score (nSPS) is 16.2. The summed E-state index contributed by atoms with van der Waals surface area (Å²) < 4.78 is 1.49. The minimum absolute atomic E-state index is 0.0978. The van der Waals surface area contributed by atoms with Crippen molar-refractivity contribution in [3.8, 4) is 0 Å². The van der Waals surface area contributed by atoms with Crippen LogP contribution in [-0.4, -0.2) is 45.5 Å². The average Bonchev–Trinajstić information content (AvgIpc) is 2.62. The molecule has 1 aliphatic heterocycles. The van der Waals surface area contributed by atoms with Crippen molar-refractivity contribution < 1.29 is 14.4 Å². The zero-order chi connectivity index (χ0) is 11.7. The van der Waals surface area contributed by atoms with Crippen molar-refractivity contribution in [2.24, 2.45) is 7.05 Å². The molecule has 0 bridgehead atoms. The van der Waals surface area contributed by atoms with Gasteiger partial charge in [0.2, 0.25) is 11.8 Å². The smallest absolute Gasteiger partial charge is 0.257 e. The van der Waals surface area contributed by atoms with Crippen molar-refractivity contribution in [3.63, 3.8) is 0 Å². The van der Waals surface area contributed by atoms with Gasteiger partial charge in [0, 0.05) is 13.2 Å². The molecule has 84 valence electrons. The van der Waals surface area contributed by atoms with Gasteiger partial charge in [0.1, 0.15) is 13.1 Å². The summed E-state index contributed by atoms with van der Waals surface area (Å²) in [5.74, 6) is -1.29. The summed E-state index contributed by atoms with van der Waals surface area (Å²) >= 11 is 0. The van der Waals surface area contributed by atoms with E-state index in [9.17, 15) is 14.4 Å². The summed E-state index contributed by atoms with van der Waals surface area (Å²) in [6.07, 6.45) is 2.94. The summed E-state index contributed by atoms with van der Waals surface area (Å²) in [6.45, 7) is -0.196. The SMILES string of the molecule is Cn1cc(C(=O)N2CC(=O)NC(=O)C2)cn1. The second-order valence-corrected chi connectivity index (χ2v) is 3.54. The summed E-state index contributed by atoms with van der Waals surface area (Å²) in [6, 6.07) is 0. The highest BCUT2D eigenvalue weighted by Gasteiger charge is 2.27. The van der Waals surface area contributed by atoms with E-state index in [1.807, 2.05) is 0 Å². The molecule has 0 aliphatic carbocycles. The fraction of sp³-hybridized carbons (Fsp3) is 0.333. The van der Waals surface area contributed by atoms with Crippen LogP contribution in [-0.2, 0) is 16.6 Å². The van der Waals surface area contributed by atoms with Crippen LogP contribution in [0.3, 0.4) is 0 Å². The molecule has 0 spiro atoms. The lowest BCUT2D eigenvalue weighted by Crippen LogP contribution is -2.53. The van der Waals surface area contributed by atoms with Crippen molar-refractivity contribution in [1.82, 2.24) is 20.0 Å². The fourth-order valence-electron chi connectivity index (χ4n) is 1.50. The Balaban J connectivity index is 2.15. The van der Waals surface area contributed by atoms with Crippen LogP contribution in [0.5, 0.6) is 0 Å². The lowest BCUT2D eigenvalue weighted by Gasteiger charge is -2.24. The maximum absolute atomic E-state index is 11.8. The molecular formula is C9H10N4O3. The number of hydrogen-bond acceptors (Lipinski definition) is 4. The molecule has 2 rings (SSSR count). The van der Waals surface area contributed by atoms with Gasteiger partial charge in [0.05, 0.1) is 11.8 Å². The zero-order valence-corrected chi connectivity index (χ0v) is 8.64. The van der Waals surface area contributed by atoms with Gasteiger partial charge < -0.3 is 4.90 Å². The average molecular weight is 222 g/mol. The van der Waals surface area contributed by atoms with E-state index in [2.05, 4.69) is 10.4 Å². The number of imide groups is 1. The number of amides is 3. The Morgan fingerprint density at radius 1 is 1.38 bits per heavy atom. The van der Waals surface area contributed by atoms with Gasteiger partial charge in [0.25, 0.3) is 5.91 Å². The molecule has 2 heterocycles. The van der Waals surface area contributed by atoms with Crippen molar-refractivity contribution in [1.29, 1.82) is 0 Å². The third-order valence-corrected chi connectivity index (χ3v) is 2.19. The van der Waals surface area contributed by atoms with Gasteiger partial charge in [0.15, 0.2) is 0 Å². The minimum Gasteiger partial charge on any atom is -0.320 e. The summed E-state index contributed by atoms with van der Waals surface area (Å²) in [4.78, 5) is 35.2. The first-order chi connectivity index (χ1) is 7.56. The summed E-state index contributed by atoms with van der Waals surface area (Å²) in [5.41, 5.74) is 0.366. The molecule has 0 radical (unpaired) electrons. The number of carbonyl (C=O) groups is 3. The van der Waals surface area contributed by atoms with E-state index in [0.717, 1.165) is 0 Å².